The van der Waals surface area contributed by atoms with Crippen molar-refractivity contribution in [2.45, 2.75) is 26.3 Å². The Hall–Kier alpha value is -1.80. The first-order chi connectivity index (χ1) is 9.20. The van der Waals surface area contributed by atoms with Gasteiger partial charge in [-0.25, -0.2) is 4.68 Å². The Labute approximate surface area is 124 Å². The summed E-state index contributed by atoms with van der Waals surface area (Å²) in [5.74, 6) is 0. The average molecular weight is 340 g/mol. The van der Waals surface area contributed by atoms with Crippen LogP contribution in [0.1, 0.15) is 25.1 Å². The molecule has 1 aromatic heterocycles. The predicted octanol–water partition coefficient (Wildman–Crippen LogP) is 2.44. The molecule has 2 N–H and O–H groups in total. The Balaban J connectivity index is 2.55. The highest BCUT2D eigenvalue weighted by Gasteiger charge is 2.21. The Bertz CT molecular complexity index is 675. The maximum Gasteiger partial charge on any atom is 0.274 e. The van der Waals surface area contributed by atoms with E-state index in [1.54, 1.807) is 19.2 Å². The summed E-state index contributed by atoms with van der Waals surface area (Å²) in [7, 11) is 0. The van der Waals surface area contributed by atoms with Gasteiger partial charge in [0.15, 0.2) is 0 Å². The van der Waals surface area contributed by atoms with Crippen molar-refractivity contribution in [1.82, 2.24) is 15.0 Å². The molecule has 0 aliphatic rings. The molecule has 20 heavy (non-hydrogen) atoms. The second-order valence-corrected chi connectivity index (χ2v) is 5.97. The summed E-state index contributed by atoms with van der Waals surface area (Å²) in [6.45, 7) is 5.31. The minimum absolute atomic E-state index is 0.0345. The molecule has 0 saturated heterocycles. The smallest absolute Gasteiger partial charge is 0.274 e. The van der Waals surface area contributed by atoms with E-state index in [2.05, 4.69) is 26.2 Å². The molecular formula is C12H14BrN5O2. The molecule has 7 nitrogen and oxygen atoms in total. The third-order valence-electron chi connectivity index (χ3n) is 2.86. The van der Waals surface area contributed by atoms with Crippen molar-refractivity contribution < 1.29 is 4.92 Å². The van der Waals surface area contributed by atoms with Crippen molar-refractivity contribution >= 4 is 21.6 Å². The number of aryl methyl sites for hydroxylation is 1. The van der Waals surface area contributed by atoms with Crippen LogP contribution < -0.4 is 5.73 Å². The van der Waals surface area contributed by atoms with Crippen molar-refractivity contribution in [2.24, 2.45) is 5.73 Å². The number of nitro benzene ring substituents is 1. The lowest BCUT2D eigenvalue weighted by Gasteiger charge is -2.13. The van der Waals surface area contributed by atoms with Gasteiger partial charge in [0, 0.05) is 16.1 Å². The van der Waals surface area contributed by atoms with Gasteiger partial charge in [0.05, 0.1) is 22.3 Å². The fourth-order valence-corrected chi connectivity index (χ4v) is 2.34. The minimum atomic E-state index is -0.624. The van der Waals surface area contributed by atoms with Crippen molar-refractivity contribution in [1.29, 1.82) is 0 Å². The van der Waals surface area contributed by atoms with Gasteiger partial charge in [0.25, 0.3) is 5.69 Å². The lowest BCUT2D eigenvalue weighted by molar-refractivity contribution is -0.385. The molecule has 0 unspecified atom stereocenters. The highest BCUT2D eigenvalue weighted by molar-refractivity contribution is 9.10. The van der Waals surface area contributed by atoms with E-state index in [1.165, 1.54) is 10.7 Å². The molecule has 106 valence electrons. The van der Waals surface area contributed by atoms with E-state index in [9.17, 15) is 10.1 Å². The van der Waals surface area contributed by atoms with Crippen molar-refractivity contribution in [3.8, 4) is 5.69 Å². The van der Waals surface area contributed by atoms with E-state index < -0.39 is 10.5 Å². The molecule has 0 fully saturated rings. The predicted molar refractivity (Wildman–Crippen MR) is 77.7 cm³/mol. The van der Waals surface area contributed by atoms with Crippen LogP contribution in [0.2, 0.25) is 0 Å². The molecule has 0 saturated carbocycles. The topological polar surface area (TPSA) is 99.9 Å². The zero-order valence-corrected chi connectivity index (χ0v) is 12.9. The van der Waals surface area contributed by atoms with E-state index in [-0.39, 0.29) is 5.69 Å². The molecule has 2 aromatic rings. The number of benzene rings is 1. The van der Waals surface area contributed by atoms with Crippen LogP contribution in [-0.2, 0) is 5.54 Å². The largest absolute Gasteiger partial charge is 0.320 e. The Morgan fingerprint density at radius 1 is 1.45 bits per heavy atom. The quantitative estimate of drug-likeness (QED) is 0.683. The monoisotopic (exact) mass is 339 g/mol. The maximum absolute atomic E-state index is 11.0. The normalized spacial score (nSPS) is 11.7. The summed E-state index contributed by atoms with van der Waals surface area (Å²) in [4.78, 5) is 10.6. The zero-order chi connectivity index (χ0) is 15.1. The van der Waals surface area contributed by atoms with Crippen LogP contribution in [0.5, 0.6) is 0 Å². The molecule has 0 bridgehead atoms. The number of nitrogens with zero attached hydrogens (tertiary/aromatic N) is 4. The van der Waals surface area contributed by atoms with Gasteiger partial charge in [-0.3, -0.25) is 10.1 Å². The van der Waals surface area contributed by atoms with E-state index in [0.29, 0.717) is 21.4 Å². The van der Waals surface area contributed by atoms with Gasteiger partial charge in [0.1, 0.15) is 5.69 Å². The highest BCUT2D eigenvalue weighted by atomic mass is 79.9. The highest BCUT2D eigenvalue weighted by Crippen LogP contribution is 2.29. The standard InChI is InChI=1S/C12H14BrN5O2/c1-7-4-8(13)10(5-9(7)18(19)20)17-6-11(15-16-17)12(2,3)14/h4-6H,14H2,1-3H3. The van der Waals surface area contributed by atoms with Crippen LogP contribution in [0.25, 0.3) is 5.69 Å². The second-order valence-electron chi connectivity index (χ2n) is 5.12. The van der Waals surface area contributed by atoms with Crippen LogP contribution in [0.3, 0.4) is 0 Å². The molecule has 0 aliphatic carbocycles. The lowest BCUT2D eigenvalue weighted by Crippen LogP contribution is -2.29. The number of aromatic nitrogens is 3. The third kappa shape index (κ3) is 2.70. The maximum atomic E-state index is 11.0. The van der Waals surface area contributed by atoms with E-state index >= 15 is 0 Å². The van der Waals surface area contributed by atoms with E-state index in [0.717, 1.165) is 0 Å². The number of nitro groups is 1. The number of hydrogen-bond donors (Lipinski definition) is 1. The molecule has 2 rings (SSSR count). The molecule has 0 spiro atoms. The van der Waals surface area contributed by atoms with E-state index in [1.807, 2.05) is 13.8 Å². The first kappa shape index (κ1) is 14.6. The number of nitrogens with two attached hydrogens (primary N) is 1. The van der Waals surface area contributed by atoms with Crippen LogP contribution >= 0.6 is 15.9 Å². The van der Waals surface area contributed by atoms with Crippen LogP contribution in [-0.4, -0.2) is 19.9 Å². The SMILES string of the molecule is Cc1cc(Br)c(-n2cc(C(C)(C)N)nn2)cc1[N+](=O)[O-]. The summed E-state index contributed by atoms with van der Waals surface area (Å²) < 4.78 is 2.17. The van der Waals surface area contributed by atoms with Gasteiger partial charge < -0.3 is 5.73 Å². The Morgan fingerprint density at radius 3 is 2.60 bits per heavy atom. The van der Waals surface area contributed by atoms with Gasteiger partial charge in [-0.1, -0.05) is 5.21 Å². The van der Waals surface area contributed by atoms with E-state index in [4.69, 9.17) is 5.73 Å². The number of rotatable bonds is 3. The molecule has 0 amide bonds. The Morgan fingerprint density at radius 2 is 2.10 bits per heavy atom. The zero-order valence-electron chi connectivity index (χ0n) is 11.3. The number of halogens is 1. The molecule has 1 aromatic carbocycles. The van der Waals surface area contributed by atoms with Crippen molar-refractivity contribution in [3.05, 3.63) is 44.2 Å². The van der Waals surface area contributed by atoms with Crippen molar-refractivity contribution in [2.75, 3.05) is 0 Å². The second kappa shape index (κ2) is 4.95. The van der Waals surface area contributed by atoms with Crippen LogP contribution in [0.4, 0.5) is 5.69 Å². The minimum Gasteiger partial charge on any atom is -0.320 e. The summed E-state index contributed by atoms with van der Waals surface area (Å²) in [6.07, 6.45) is 1.67. The summed E-state index contributed by atoms with van der Waals surface area (Å²) in [5.41, 5.74) is 7.09. The van der Waals surface area contributed by atoms with Gasteiger partial charge >= 0.3 is 0 Å². The fraction of sp³-hybridized carbons (Fsp3) is 0.333. The molecule has 1 heterocycles. The average Bonchev–Trinajstić information content (AvgIpc) is 2.77. The van der Waals surface area contributed by atoms with Crippen LogP contribution in [0.15, 0.2) is 22.8 Å². The van der Waals surface area contributed by atoms with Crippen molar-refractivity contribution in [3.63, 3.8) is 0 Å². The molecule has 0 atom stereocenters. The fourth-order valence-electron chi connectivity index (χ4n) is 1.70. The Kier molecular flexibility index (Phi) is 3.61. The molecular weight excluding hydrogens is 326 g/mol. The summed E-state index contributed by atoms with van der Waals surface area (Å²) >= 11 is 3.38. The first-order valence-electron chi connectivity index (χ1n) is 5.87. The summed E-state index contributed by atoms with van der Waals surface area (Å²) in [6, 6.07) is 3.14. The van der Waals surface area contributed by atoms with Crippen LogP contribution in [0, 0.1) is 17.0 Å². The number of hydrogen-bond acceptors (Lipinski definition) is 5. The molecule has 0 aliphatic heterocycles. The molecule has 8 heteroatoms. The molecule has 0 radical (unpaired) electrons. The van der Waals surface area contributed by atoms with Gasteiger partial charge in [-0.2, -0.15) is 0 Å². The van der Waals surface area contributed by atoms with Gasteiger partial charge in [-0.15, -0.1) is 5.10 Å². The first-order valence-corrected chi connectivity index (χ1v) is 6.66. The van der Waals surface area contributed by atoms with Gasteiger partial charge in [0.2, 0.25) is 0 Å². The third-order valence-corrected chi connectivity index (χ3v) is 3.50. The lowest BCUT2D eigenvalue weighted by atomic mass is 10.0. The van der Waals surface area contributed by atoms with Gasteiger partial charge in [-0.05, 0) is 42.8 Å². The summed E-state index contributed by atoms with van der Waals surface area (Å²) in [5, 5.41) is 19.0.